The number of carbonyl (C=O) groups excluding carboxylic acids is 1. The van der Waals surface area contributed by atoms with Crippen LogP contribution in [0.3, 0.4) is 0 Å². The van der Waals surface area contributed by atoms with E-state index in [1.54, 1.807) is 30.1 Å². The molecule has 0 aliphatic carbocycles. The fourth-order valence-corrected chi connectivity index (χ4v) is 1.48. The quantitative estimate of drug-likeness (QED) is 0.814. The van der Waals surface area contributed by atoms with E-state index in [0.717, 1.165) is 0 Å². The normalized spacial score (nSPS) is 9.41. The highest BCUT2D eigenvalue weighted by atomic mass is 35.5. The van der Waals surface area contributed by atoms with E-state index < -0.39 is 0 Å². The second kappa shape index (κ2) is 6.29. The van der Waals surface area contributed by atoms with Crippen molar-refractivity contribution in [2.45, 2.75) is 6.92 Å². The number of amides is 1. The number of carbonyl (C=O) groups is 1. The second-order valence-electron chi connectivity index (χ2n) is 3.47. The maximum Gasteiger partial charge on any atom is 0.253 e. The molecule has 17 heavy (non-hydrogen) atoms. The molecule has 0 spiro atoms. The molecule has 90 valence electrons. The summed E-state index contributed by atoms with van der Waals surface area (Å²) in [6.07, 6.45) is 0. The molecule has 0 radical (unpaired) electrons. The molecule has 3 nitrogen and oxygen atoms in total. The summed E-state index contributed by atoms with van der Waals surface area (Å²) in [5, 5.41) is 9.01. The maximum absolute atomic E-state index is 11.8. The lowest BCUT2D eigenvalue weighted by atomic mass is 10.1. The van der Waals surface area contributed by atoms with Gasteiger partial charge in [0.2, 0.25) is 0 Å². The van der Waals surface area contributed by atoms with Crippen molar-refractivity contribution < 1.29 is 9.90 Å². The van der Waals surface area contributed by atoms with Gasteiger partial charge in [0.25, 0.3) is 5.91 Å². The average Bonchev–Trinajstić information content (AvgIpc) is 2.35. The van der Waals surface area contributed by atoms with Crippen LogP contribution in [-0.2, 0) is 0 Å². The first-order valence-corrected chi connectivity index (χ1v) is 5.62. The first-order chi connectivity index (χ1) is 8.10. The third-order valence-electron chi connectivity index (χ3n) is 2.34. The Morgan fingerprint density at radius 2 is 2.24 bits per heavy atom. The minimum Gasteiger partial charge on any atom is -0.384 e. The van der Waals surface area contributed by atoms with Crippen molar-refractivity contribution in [3.8, 4) is 11.8 Å². The first kappa shape index (κ1) is 13.6. The van der Waals surface area contributed by atoms with Gasteiger partial charge >= 0.3 is 0 Å². The smallest absolute Gasteiger partial charge is 0.253 e. The second-order valence-corrected chi connectivity index (χ2v) is 3.88. The summed E-state index contributed by atoms with van der Waals surface area (Å²) in [4.78, 5) is 13.4. The summed E-state index contributed by atoms with van der Waals surface area (Å²) < 4.78 is 0. The van der Waals surface area contributed by atoms with Gasteiger partial charge in [-0.2, -0.15) is 0 Å². The topological polar surface area (TPSA) is 40.5 Å². The van der Waals surface area contributed by atoms with Gasteiger partial charge < -0.3 is 10.0 Å². The molecule has 0 saturated heterocycles. The van der Waals surface area contributed by atoms with Crippen molar-refractivity contribution in [3.63, 3.8) is 0 Å². The molecule has 1 rings (SSSR count). The third-order valence-corrected chi connectivity index (χ3v) is 2.65. The van der Waals surface area contributed by atoms with Crippen molar-refractivity contribution in [1.29, 1.82) is 0 Å². The molecule has 4 heteroatoms. The minimum atomic E-state index is -0.213. The van der Waals surface area contributed by atoms with Gasteiger partial charge in [-0.05, 0) is 25.1 Å². The van der Waals surface area contributed by atoms with Crippen molar-refractivity contribution in [2.24, 2.45) is 0 Å². The lowest BCUT2D eigenvalue weighted by molar-refractivity contribution is 0.0802. The Balaban J connectivity index is 3.00. The molecular weight excluding hydrogens is 238 g/mol. The number of nitrogens with zero attached hydrogens (tertiary/aromatic N) is 1. The number of benzene rings is 1. The van der Waals surface area contributed by atoms with E-state index in [0.29, 0.717) is 22.7 Å². The summed E-state index contributed by atoms with van der Waals surface area (Å²) in [5.74, 6) is 5.16. The Morgan fingerprint density at radius 3 is 2.76 bits per heavy atom. The molecule has 0 unspecified atom stereocenters. The molecule has 0 fully saturated rings. The molecule has 0 aliphatic heterocycles. The number of halogens is 1. The van der Waals surface area contributed by atoms with Gasteiger partial charge in [0.05, 0.1) is 5.02 Å². The van der Waals surface area contributed by atoms with Crippen LogP contribution in [0, 0.1) is 11.8 Å². The highest BCUT2D eigenvalue weighted by Crippen LogP contribution is 2.17. The van der Waals surface area contributed by atoms with Crippen LogP contribution in [0.4, 0.5) is 0 Å². The summed E-state index contributed by atoms with van der Waals surface area (Å²) in [6, 6.07) is 4.96. The molecule has 0 atom stereocenters. The number of rotatable bonds is 2. The van der Waals surface area contributed by atoms with Crippen molar-refractivity contribution in [2.75, 3.05) is 20.2 Å². The van der Waals surface area contributed by atoms with Crippen LogP contribution in [-0.4, -0.2) is 36.1 Å². The first-order valence-electron chi connectivity index (χ1n) is 5.25. The van der Waals surface area contributed by atoms with E-state index in [4.69, 9.17) is 16.7 Å². The van der Waals surface area contributed by atoms with Crippen LogP contribution in [0.25, 0.3) is 0 Å². The lowest BCUT2D eigenvalue weighted by Crippen LogP contribution is -2.26. The number of aliphatic hydroxyl groups is 1. The summed E-state index contributed by atoms with van der Waals surface area (Å²) in [5.41, 5.74) is 1.14. The molecule has 1 N–H and O–H groups in total. The zero-order valence-corrected chi connectivity index (χ0v) is 10.6. The number of aliphatic hydroxyl groups excluding tert-OH is 1. The predicted octanol–water partition coefficient (Wildman–Crippen LogP) is 1.78. The molecule has 0 bridgehead atoms. The van der Waals surface area contributed by atoms with Gasteiger partial charge in [0.15, 0.2) is 0 Å². The number of hydrogen-bond acceptors (Lipinski definition) is 2. The molecule has 1 aromatic rings. The van der Waals surface area contributed by atoms with Crippen molar-refractivity contribution in [1.82, 2.24) is 4.90 Å². The van der Waals surface area contributed by atoms with Crippen molar-refractivity contribution >= 4 is 17.5 Å². The van der Waals surface area contributed by atoms with Crippen LogP contribution in [0.5, 0.6) is 0 Å². The zero-order chi connectivity index (χ0) is 12.8. The molecule has 0 heterocycles. The van der Waals surface area contributed by atoms with E-state index in [-0.39, 0.29) is 12.5 Å². The van der Waals surface area contributed by atoms with Gasteiger partial charge in [-0.3, -0.25) is 4.79 Å². The molecule has 0 aliphatic rings. The summed E-state index contributed by atoms with van der Waals surface area (Å²) in [7, 11) is 1.73. The highest BCUT2D eigenvalue weighted by molar-refractivity contribution is 6.32. The molecule has 0 aromatic heterocycles. The van der Waals surface area contributed by atoms with Gasteiger partial charge in [-0.1, -0.05) is 23.4 Å². The molecule has 1 aromatic carbocycles. The van der Waals surface area contributed by atoms with Crippen LogP contribution < -0.4 is 0 Å². The minimum absolute atomic E-state index is 0.0731. The van der Waals surface area contributed by atoms with E-state index >= 15 is 0 Å². The molecule has 0 saturated carbocycles. The van der Waals surface area contributed by atoms with E-state index in [1.807, 2.05) is 6.92 Å². The van der Waals surface area contributed by atoms with Crippen LogP contribution in [0.15, 0.2) is 18.2 Å². The van der Waals surface area contributed by atoms with Crippen LogP contribution in [0.1, 0.15) is 22.8 Å². The Bertz CT molecular complexity index is 474. The van der Waals surface area contributed by atoms with E-state index in [9.17, 15) is 4.79 Å². The fraction of sp³-hybridized carbons (Fsp3) is 0.308. The fourth-order valence-electron chi connectivity index (χ4n) is 1.25. The van der Waals surface area contributed by atoms with Gasteiger partial charge in [0.1, 0.15) is 6.61 Å². The largest absolute Gasteiger partial charge is 0.384 e. The van der Waals surface area contributed by atoms with E-state index in [1.165, 1.54) is 0 Å². The Labute approximate surface area is 106 Å². The molecular formula is C13H14ClNO2. The average molecular weight is 252 g/mol. The predicted molar refractivity (Wildman–Crippen MR) is 68.1 cm³/mol. The van der Waals surface area contributed by atoms with Gasteiger partial charge in [-0.25, -0.2) is 0 Å². The van der Waals surface area contributed by atoms with Crippen LogP contribution >= 0.6 is 11.6 Å². The standard InChI is InChI=1S/C13H14ClNO2/c1-3-15(2)13(17)11-7-6-10(5-4-8-16)12(14)9-11/h6-7,9,16H,3,8H2,1-2H3. The Morgan fingerprint density at radius 1 is 1.53 bits per heavy atom. The summed E-state index contributed by atoms with van der Waals surface area (Å²) in [6.45, 7) is 2.33. The number of hydrogen-bond donors (Lipinski definition) is 1. The third kappa shape index (κ3) is 3.48. The van der Waals surface area contributed by atoms with Gasteiger partial charge in [0, 0.05) is 24.7 Å². The van der Waals surface area contributed by atoms with E-state index in [2.05, 4.69) is 11.8 Å². The SMILES string of the molecule is CCN(C)C(=O)c1ccc(C#CCO)c(Cl)c1. The monoisotopic (exact) mass is 251 g/mol. The molecule has 1 amide bonds. The van der Waals surface area contributed by atoms with Gasteiger partial charge in [-0.15, -0.1) is 0 Å². The van der Waals surface area contributed by atoms with Crippen LogP contribution in [0.2, 0.25) is 5.02 Å². The highest BCUT2D eigenvalue weighted by Gasteiger charge is 2.11. The zero-order valence-electron chi connectivity index (χ0n) is 9.83. The maximum atomic E-state index is 11.8. The van der Waals surface area contributed by atoms with Crippen molar-refractivity contribution in [3.05, 3.63) is 34.3 Å². The summed E-state index contributed by atoms with van der Waals surface area (Å²) >= 11 is 6.00. The Kier molecular flexibility index (Phi) is 5.02. The Hall–Kier alpha value is -1.50. The lowest BCUT2D eigenvalue weighted by Gasteiger charge is -2.14.